The number of rotatable bonds is 4. The first-order chi connectivity index (χ1) is 9.72. The molecule has 0 spiro atoms. The Morgan fingerprint density at radius 2 is 2.25 bits per heavy atom. The topological polar surface area (TPSA) is 92.6 Å². The minimum atomic E-state index is -0.704. The Kier molecular flexibility index (Phi) is 3.51. The molecule has 3 rings (SSSR count). The zero-order valence-electron chi connectivity index (χ0n) is 10.9. The van der Waals surface area contributed by atoms with Gasteiger partial charge in [-0.2, -0.15) is 4.98 Å². The van der Waals surface area contributed by atoms with Crippen molar-refractivity contribution in [3.63, 3.8) is 0 Å². The van der Waals surface area contributed by atoms with E-state index in [2.05, 4.69) is 15.0 Å². The summed E-state index contributed by atoms with van der Waals surface area (Å²) in [5, 5.41) is 12.9. The smallest absolute Gasteiger partial charge is 0.306 e. The molecule has 0 aromatic carbocycles. The fraction of sp³-hybridized carbons (Fsp3) is 0.462. The molecule has 2 aromatic heterocycles. The molecule has 106 valence electrons. The normalized spacial score (nSPS) is 17.4. The van der Waals surface area contributed by atoms with Crippen LogP contribution in [-0.4, -0.2) is 39.2 Å². The molecule has 1 aliphatic rings. The van der Waals surface area contributed by atoms with Crippen molar-refractivity contribution in [3.05, 3.63) is 24.2 Å². The highest BCUT2D eigenvalue weighted by atomic mass is 16.5. The molecule has 1 saturated heterocycles. The van der Waals surface area contributed by atoms with Gasteiger partial charge < -0.3 is 14.0 Å². The molecule has 7 heteroatoms. The molecule has 0 atom stereocenters. The lowest BCUT2D eigenvalue weighted by Crippen LogP contribution is -2.36. The monoisotopic (exact) mass is 277 g/mol. The summed E-state index contributed by atoms with van der Waals surface area (Å²) < 4.78 is 10.3. The van der Waals surface area contributed by atoms with Gasteiger partial charge in [0.25, 0.3) is 5.89 Å². The van der Waals surface area contributed by atoms with Crippen LogP contribution in [0.2, 0.25) is 0 Å². The fourth-order valence-electron chi connectivity index (χ4n) is 2.36. The number of likely N-dealkylation sites (tertiary alicyclic amines) is 1. The summed E-state index contributed by atoms with van der Waals surface area (Å²) in [4.78, 5) is 17.3. The van der Waals surface area contributed by atoms with Crippen molar-refractivity contribution in [2.45, 2.75) is 19.4 Å². The van der Waals surface area contributed by atoms with Crippen LogP contribution >= 0.6 is 0 Å². The van der Waals surface area contributed by atoms with Gasteiger partial charge in [-0.25, -0.2) is 0 Å². The van der Waals surface area contributed by atoms with Crippen LogP contribution in [0.3, 0.4) is 0 Å². The molecule has 1 aliphatic heterocycles. The third-order valence-electron chi connectivity index (χ3n) is 3.50. The van der Waals surface area contributed by atoms with Crippen LogP contribution in [0.5, 0.6) is 0 Å². The van der Waals surface area contributed by atoms with Gasteiger partial charge in [-0.3, -0.25) is 9.69 Å². The van der Waals surface area contributed by atoms with Gasteiger partial charge in [-0.15, -0.1) is 0 Å². The zero-order chi connectivity index (χ0) is 13.9. The van der Waals surface area contributed by atoms with Gasteiger partial charge in [-0.05, 0) is 38.1 Å². The average molecular weight is 277 g/mol. The zero-order valence-corrected chi connectivity index (χ0v) is 10.9. The fourth-order valence-corrected chi connectivity index (χ4v) is 2.36. The lowest BCUT2D eigenvalue weighted by atomic mass is 9.97. The summed E-state index contributed by atoms with van der Waals surface area (Å²) in [6.07, 6.45) is 2.88. The van der Waals surface area contributed by atoms with Crippen molar-refractivity contribution in [1.29, 1.82) is 0 Å². The first-order valence-electron chi connectivity index (χ1n) is 6.54. The first kappa shape index (κ1) is 12.9. The standard InChI is InChI=1S/C13H15N3O4/c17-13(18)9-3-5-16(6-4-9)8-11-14-12(20-15-11)10-2-1-7-19-10/h1-2,7,9H,3-6,8H2,(H,17,18). The number of hydrogen-bond acceptors (Lipinski definition) is 6. The molecule has 1 N–H and O–H groups in total. The first-order valence-corrected chi connectivity index (χ1v) is 6.54. The quantitative estimate of drug-likeness (QED) is 0.907. The molecule has 7 nitrogen and oxygen atoms in total. The van der Waals surface area contributed by atoms with Crippen LogP contribution in [0.4, 0.5) is 0 Å². The Labute approximate surface area is 115 Å². The summed E-state index contributed by atoms with van der Waals surface area (Å²) in [5.41, 5.74) is 0. The summed E-state index contributed by atoms with van der Waals surface area (Å²) in [6, 6.07) is 3.52. The van der Waals surface area contributed by atoms with E-state index in [-0.39, 0.29) is 5.92 Å². The summed E-state index contributed by atoms with van der Waals surface area (Å²) in [5.74, 6) is 0.573. The molecule has 0 unspecified atom stereocenters. The second-order valence-corrected chi connectivity index (χ2v) is 4.88. The van der Waals surface area contributed by atoms with Gasteiger partial charge in [0.2, 0.25) is 0 Å². The molecular weight excluding hydrogens is 262 g/mol. The van der Waals surface area contributed by atoms with Crippen LogP contribution in [0.15, 0.2) is 27.3 Å². The second-order valence-electron chi connectivity index (χ2n) is 4.88. The van der Waals surface area contributed by atoms with Gasteiger partial charge >= 0.3 is 5.97 Å². The van der Waals surface area contributed by atoms with Crippen LogP contribution < -0.4 is 0 Å². The number of hydrogen-bond donors (Lipinski definition) is 1. The van der Waals surface area contributed by atoms with E-state index >= 15 is 0 Å². The number of carboxylic acids is 1. The van der Waals surface area contributed by atoms with Crippen molar-refractivity contribution in [2.24, 2.45) is 5.92 Å². The minimum Gasteiger partial charge on any atom is -0.481 e. The maximum atomic E-state index is 10.9. The van der Waals surface area contributed by atoms with E-state index in [9.17, 15) is 4.79 Å². The summed E-state index contributed by atoms with van der Waals surface area (Å²) in [6.45, 7) is 2.04. The van der Waals surface area contributed by atoms with Gasteiger partial charge in [0.15, 0.2) is 11.6 Å². The number of carbonyl (C=O) groups is 1. The Balaban J connectivity index is 1.58. The average Bonchev–Trinajstić information content (AvgIpc) is 3.09. The van der Waals surface area contributed by atoms with Crippen molar-refractivity contribution in [2.75, 3.05) is 13.1 Å². The molecule has 0 aliphatic carbocycles. The van der Waals surface area contributed by atoms with Crippen LogP contribution in [-0.2, 0) is 11.3 Å². The van der Waals surface area contributed by atoms with Crippen molar-refractivity contribution >= 4 is 5.97 Å². The molecule has 0 amide bonds. The van der Waals surface area contributed by atoms with E-state index in [1.807, 2.05) is 0 Å². The predicted octanol–water partition coefficient (Wildman–Crippen LogP) is 1.63. The Morgan fingerprint density at radius 3 is 2.90 bits per heavy atom. The maximum absolute atomic E-state index is 10.9. The Morgan fingerprint density at radius 1 is 1.45 bits per heavy atom. The van der Waals surface area contributed by atoms with E-state index in [1.165, 1.54) is 0 Å². The lowest BCUT2D eigenvalue weighted by molar-refractivity contribution is -0.143. The molecule has 1 fully saturated rings. The minimum absolute atomic E-state index is 0.227. The highest BCUT2D eigenvalue weighted by Crippen LogP contribution is 2.20. The van der Waals surface area contributed by atoms with Gasteiger partial charge in [0, 0.05) is 0 Å². The molecule has 0 bridgehead atoms. The van der Waals surface area contributed by atoms with E-state index in [1.54, 1.807) is 18.4 Å². The second kappa shape index (κ2) is 5.46. The number of piperidine rings is 1. The lowest BCUT2D eigenvalue weighted by Gasteiger charge is -2.28. The van der Waals surface area contributed by atoms with E-state index in [0.717, 1.165) is 13.1 Å². The van der Waals surface area contributed by atoms with E-state index in [4.69, 9.17) is 14.0 Å². The van der Waals surface area contributed by atoms with Crippen LogP contribution in [0.25, 0.3) is 11.7 Å². The summed E-state index contributed by atoms with van der Waals surface area (Å²) >= 11 is 0. The van der Waals surface area contributed by atoms with Crippen molar-refractivity contribution in [3.8, 4) is 11.7 Å². The Bertz CT molecular complexity index is 570. The molecule has 3 heterocycles. The highest BCUT2D eigenvalue weighted by Gasteiger charge is 2.25. The highest BCUT2D eigenvalue weighted by molar-refractivity contribution is 5.70. The Hall–Kier alpha value is -2.15. The number of aliphatic carboxylic acids is 1. The van der Waals surface area contributed by atoms with Crippen LogP contribution in [0, 0.1) is 5.92 Å². The molecule has 0 radical (unpaired) electrons. The molecule has 20 heavy (non-hydrogen) atoms. The van der Waals surface area contributed by atoms with Crippen molar-refractivity contribution < 1.29 is 18.8 Å². The summed E-state index contributed by atoms with van der Waals surface area (Å²) in [7, 11) is 0. The van der Waals surface area contributed by atoms with Gasteiger partial charge in [-0.1, -0.05) is 5.16 Å². The number of nitrogens with zero attached hydrogens (tertiary/aromatic N) is 3. The van der Waals surface area contributed by atoms with Gasteiger partial charge in [0.1, 0.15) is 0 Å². The SMILES string of the molecule is O=C(O)C1CCN(Cc2noc(-c3ccco3)n2)CC1. The molecular formula is C13H15N3O4. The molecule has 0 saturated carbocycles. The maximum Gasteiger partial charge on any atom is 0.306 e. The van der Waals surface area contributed by atoms with Crippen molar-refractivity contribution in [1.82, 2.24) is 15.0 Å². The molecule has 2 aromatic rings. The van der Waals surface area contributed by atoms with E-state index < -0.39 is 5.97 Å². The van der Waals surface area contributed by atoms with Gasteiger partial charge in [0.05, 0.1) is 18.7 Å². The van der Waals surface area contributed by atoms with Crippen LogP contribution in [0.1, 0.15) is 18.7 Å². The predicted molar refractivity (Wildman–Crippen MR) is 67.6 cm³/mol. The third kappa shape index (κ3) is 2.72. The third-order valence-corrected chi connectivity index (χ3v) is 3.50. The number of aromatic nitrogens is 2. The van der Waals surface area contributed by atoms with E-state index in [0.29, 0.717) is 36.9 Å². The largest absolute Gasteiger partial charge is 0.481 e. The number of carboxylic acid groups (broad SMARTS) is 1. The number of furan rings is 1.